The van der Waals surface area contributed by atoms with Gasteiger partial charge in [-0.2, -0.15) is 0 Å². The van der Waals surface area contributed by atoms with Gasteiger partial charge >= 0.3 is 0 Å². The second-order valence-corrected chi connectivity index (χ2v) is 5.35. The summed E-state index contributed by atoms with van der Waals surface area (Å²) < 4.78 is 0.534. The van der Waals surface area contributed by atoms with Gasteiger partial charge in [-0.25, -0.2) is 0 Å². The number of nitrogens with one attached hydrogen (secondary N) is 1. The number of allylic oxidation sites excluding steroid dienone is 1. The molecule has 1 aliphatic rings. The van der Waals surface area contributed by atoms with Crippen molar-refractivity contribution >= 4 is 39.8 Å². The molecule has 82 valence electrons. The highest BCUT2D eigenvalue weighted by molar-refractivity contribution is 8.26. The van der Waals surface area contributed by atoms with Crippen molar-refractivity contribution in [2.45, 2.75) is 13.8 Å². The zero-order valence-electron chi connectivity index (χ0n) is 9.03. The lowest BCUT2D eigenvalue weighted by Gasteiger charge is -2.04. The van der Waals surface area contributed by atoms with Gasteiger partial charge in [0.05, 0.1) is 4.91 Å². The number of thioether (sulfide) groups is 1. The number of benzene rings is 1. The van der Waals surface area contributed by atoms with Crippen LogP contribution in [0.15, 0.2) is 29.2 Å². The second-order valence-electron chi connectivity index (χ2n) is 3.66. The summed E-state index contributed by atoms with van der Waals surface area (Å²) in [5, 5.41) is 2.63. The van der Waals surface area contributed by atoms with Gasteiger partial charge in [0.15, 0.2) is 0 Å². The van der Waals surface area contributed by atoms with Crippen LogP contribution < -0.4 is 5.32 Å². The van der Waals surface area contributed by atoms with Crippen molar-refractivity contribution in [2.75, 3.05) is 0 Å². The molecular weight excluding hydrogens is 238 g/mol. The van der Waals surface area contributed by atoms with E-state index in [0.717, 1.165) is 11.1 Å². The normalized spacial score (nSPS) is 18.6. The molecule has 2 rings (SSSR count). The molecule has 1 aromatic carbocycles. The average molecular weight is 249 g/mol. The van der Waals surface area contributed by atoms with Crippen molar-refractivity contribution in [3.05, 3.63) is 40.3 Å². The van der Waals surface area contributed by atoms with Gasteiger partial charge in [-0.05, 0) is 25.0 Å². The van der Waals surface area contributed by atoms with Gasteiger partial charge in [-0.1, -0.05) is 53.8 Å². The van der Waals surface area contributed by atoms with E-state index in [1.165, 1.54) is 17.3 Å². The first-order chi connectivity index (χ1) is 7.58. The second kappa shape index (κ2) is 4.39. The Hall–Kier alpha value is -1.13. The van der Waals surface area contributed by atoms with Crippen LogP contribution in [0.4, 0.5) is 0 Å². The Morgan fingerprint density at radius 1 is 1.31 bits per heavy atom. The SMILES string of the molecule is C/C(=C1\SC(=S)NC1=O)c1ccc(C)cc1. The Morgan fingerprint density at radius 3 is 2.44 bits per heavy atom. The first-order valence-electron chi connectivity index (χ1n) is 4.89. The van der Waals surface area contributed by atoms with Crippen LogP contribution in [-0.2, 0) is 4.79 Å². The fourth-order valence-electron chi connectivity index (χ4n) is 1.50. The van der Waals surface area contributed by atoms with Crippen LogP contribution in [0.3, 0.4) is 0 Å². The number of thiocarbonyl (C=S) groups is 1. The van der Waals surface area contributed by atoms with Crippen molar-refractivity contribution in [1.82, 2.24) is 5.32 Å². The summed E-state index contributed by atoms with van der Waals surface area (Å²) in [6, 6.07) is 8.12. The molecule has 4 heteroatoms. The summed E-state index contributed by atoms with van der Waals surface area (Å²) >= 11 is 6.29. The molecule has 0 saturated carbocycles. The Balaban J connectivity index is 2.41. The zero-order valence-corrected chi connectivity index (χ0v) is 10.7. The molecule has 16 heavy (non-hydrogen) atoms. The van der Waals surface area contributed by atoms with E-state index in [1.54, 1.807) is 0 Å². The molecule has 1 aliphatic heterocycles. The lowest BCUT2D eigenvalue weighted by Crippen LogP contribution is -2.18. The van der Waals surface area contributed by atoms with Crippen LogP contribution in [0, 0.1) is 6.92 Å². The summed E-state index contributed by atoms with van der Waals surface area (Å²) in [6.45, 7) is 3.99. The fraction of sp³-hybridized carbons (Fsp3) is 0.167. The van der Waals surface area contributed by atoms with Crippen molar-refractivity contribution in [2.24, 2.45) is 0 Å². The van der Waals surface area contributed by atoms with E-state index in [1.807, 2.05) is 38.1 Å². The molecule has 1 N–H and O–H groups in total. The van der Waals surface area contributed by atoms with Crippen LogP contribution in [0.1, 0.15) is 18.1 Å². The predicted octanol–water partition coefficient (Wildman–Crippen LogP) is 2.87. The summed E-state index contributed by atoms with van der Waals surface area (Å²) in [7, 11) is 0. The quantitative estimate of drug-likeness (QED) is 0.613. The fourth-order valence-corrected chi connectivity index (χ4v) is 2.58. The molecular formula is C12H11NOS2. The smallest absolute Gasteiger partial charge is 0.263 e. The van der Waals surface area contributed by atoms with Gasteiger partial charge in [0.25, 0.3) is 5.91 Å². The van der Waals surface area contributed by atoms with E-state index >= 15 is 0 Å². The molecule has 1 heterocycles. The zero-order chi connectivity index (χ0) is 11.7. The van der Waals surface area contributed by atoms with E-state index in [9.17, 15) is 4.79 Å². The maximum atomic E-state index is 11.6. The standard InChI is InChI=1S/C12H11NOS2/c1-7-3-5-9(6-4-7)8(2)10-11(14)13-12(15)16-10/h3-6H,1-2H3,(H,13,14,15)/b10-8+. The largest absolute Gasteiger partial charge is 0.307 e. The highest BCUT2D eigenvalue weighted by Crippen LogP contribution is 2.31. The number of amides is 1. The Kier molecular flexibility index (Phi) is 3.12. The van der Waals surface area contributed by atoms with Crippen molar-refractivity contribution in [3.63, 3.8) is 0 Å². The molecule has 2 nitrogen and oxygen atoms in total. The first-order valence-corrected chi connectivity index (χ1v) is 6.11. The third-order valence-corrected chi connectivity index (χ3v) is 3.78. The molecule has 0 unspecified atom stereocenters. The molecule has 1 amide bonds. The van der Waals surface area contributed by atoms with Crippen LogP contribution >= 0.6 is 24.0 Å². The Morgan fingerprint density at radius 2 is 1.94 bits per heavy atom. The number of hydrogen-bond acceptors (Lipinski definition) is 3. The lowest BCUT2D eigenvalue weighted by atomic mass is 10.1. The molecule has 0 bridgehead atoms. The topological polar surface area (TPSA) is 29.1 Å². The molecule has 1 saturated heterocycles. The number of hydrogen-bond donors (Lipinski definition) is 1. The van der Waals surface area contributed by atoms with Crippen molar-refractivity contribution < 1.29 is 4.79 Å². The molecule has 0 aliphatic carbocycles. The Labute approximate surface area is 104 Å². The molecule has 0 spiro atoms. The minimum Gasteiger partial charge on any atom is -0.307 e. The number of carbonyl (C=O) groups is 1. The van der Waals surface area contributed by atoms with E-state index in [4.69, 9.17) is 12.2 Å². The van der Waals surface area contributed by atoms with Gasteiger partial charge in [0.1, 0.15) is 4.32 Å². The van der Waals surface area contributed by atoms with E-state index in [-0.39, 0.29) is 5.91 Å². The maximum Gasteiger partial charge on any atom is 0.263 e. The predicted molar refractivity (Wildman–Crippen MR) is 72.1 cm³/mol. The molecule has 0 radical (unpaired) electrons. The van der Waals surface area contributed by atoms with Crippen LogP contribution in [-0.4, -0.2) is 10.2 Å². The average Bonchev–Trinajstić information content (AvgIpc) is 2.58. The summed E-state index contributed by atoms with van der Waals surface area (Å²) in [6.07, 6.45) is 0. The molecule has 0 aromatic heterocycles. The highest BCUT2D eigenvalue weighted by Gasteiger charge is 2.24. The first kappa shape index (κ1) is 11.4. The summed E-state index contributed by atoms with van der Waals surface area (Å²) in [5.74, 6) is -0.0897. The van der Waals surface area contributed by atoms with Gasteiger partial charge < -0.3 is 5.32 Å². The molecule has 1 aromatic rings. The van der Waals surface area contributed by atoms with E-state index < -0.39 is 0 Å². The molecule has 0 atom stereocenters. The summed E-state index contributed by atoms with van der Waals surface area (Å²) in [4.78, 5) is 12.3. The summed E-state index contributed by atoms with van der Waals surface area (Å²) in [5.41, 5.74) is 3.25. The van der Waals surface area contributed by atoms with Gasteiger partial charge in [-0.15, -0.1) is 0 Å². The number of rotatable bonds is 1. The number of aryl methyl sites for hydroxylation is 1. The van der Waals surface area contributed by atoms with Gasteiger partial charge in [-0.3, -0.25) is 4.79 Å². The minimum atomic E-state index is -0.0897. The van der Waals surface area contributed by atoms with Gasteiger partial charge in [0, 0.05) is 0 Å². The number of carbonyl (C=O) groups excluding carboxylic acids is 1. The van der Waals surface area contributed by atoms with Crippen molar-refractivity contribution in [3.8, 4) is 0 Å². The highest BCUT2D eigenvalue weighted by atomic mass is 32.2. The minimum absolute atomic E-state index is 0.0897. The lowest BCUT2D eigenvalue weighted by molar-refractivity contribution is -0.115. The van der Waals surface area contributed by atoms with Crippen LogP contribution in [0.5, 0.6) is 0 Å². The monoisotopic (exact) mass is 249 g/mol. The maximum absolute atomic E-state index is 11.6. The van der Waals surface area contributed by atoms with Crippen LogP contribution in [0.25, 0.3) is 5.57 Å². The third kappa shape index (κ3) is 2.18. The van der Waals surface area contributed by atoms with Crippen LogP contribution in [0.2, 0.25) is 0 Å². The van der Waals surface area contributed by atoms with E-state index in [0.29, 0.717) is 9.23 Å². The van der Waals surface area contributed by atoms with E-state index in [2.05, 4.69) is 5.32 Å². The van der Waals surface area contributed by atoms with Crippen molar-refractivity contribution in [1.29, 1.82) is 0 Å². The third-order valence-electron chi connectivity index (χ3n) is 2.44. The Bertz CT molecular complexity index is 488. The van der Waals surface area contributed by atoms with Gasteiger partial charge in [0.2, 0.25) is 0 Å². The molecule has 1 fully saturated rings.